The van der Waals surface area contributed by atoms with Crippen molar-refractivity contribution in [2.24, 2.45) is 0 Å². The van der Waals surface area contributed by atoms with Gasteiger partial charge in [-0.15, -0.1) is 0 Å². The second-order valence-electron chi connectivity index (χ2n) is 3.82. The second-order valence-corrected chi connectivity index (χ2v) is 3.82. The molecule has 0 unspecified atom stereocenters. The third kappa shape index (κ3) is 2.93. The molecule has 1 rings (SSSR count). The number of aliphatic carboxylic acids is 1. The number of hydrogen-bond donors (Lipinski definition) is 4. The van der Waals surface area contributed by atoms with Gasteiger partial charge >= 0.3 is 5.97 Å². The quantitative estimate of drug-likeness (QED) is 0.451. The van der Waals surface area contributed by atoms with E-state index in [4.69, 9.17) is 5.11 Å². The molecule has 1 fully saturated rings. The summed E-state index contributed by atoms with van der Waals surface area (Å²) in [5.74, 6) is -1.79. The molecule has 0 saturated heterocycles. The van der Waals surface area contributed by atoms with Crippen LogP contribution in [0, 0.1) is 0 Å². The highest BCUT2D eigenvalue weighted by Gasteiger charge is 2.44. The van der Waals surface area contributed by atoms with E-state index in [0.29, 0.717) is 12.8 Å². The van der Waals surface area contributed by atoms with Crippen molar-refractivity contribution in [3.05, 3.63) is 0 Å². The van der Waals surface area contributed by atoms with Crippen molar-refractivity contribution in [1.82, 2.24) is 16.2 Å². The van der Waals surface area contributed by atoms with Crippen LogP contribution in [0.3, 0.4) is 0 Å². The minimum absolute atomic E-state index is 0.132. The first-order chi connectivity index (χ1) is 7.46. The van der Waals surface area contributed by atoms with Gasteiger partial charge < -0.3 is 5.11 Å². The summed E-state index contributed by atoms with van der Waals surface area (Å²) in [5.41, 5.74) is 3.30. The normalized spacial score (nSPS) is 17.1. The summed E-state index contributed by atoms with van der Waals surface area (Å²) in [6.07, 6.45) is 1.89. The van der Waals surface area contributed by atoms with Gasteiger partial charge in [0.15, 0.2) is 0 Å². The fourth-order valence-electron chi connectivity index (χ4n) is 1.45. The van der Waals surface area contributed by atoms with Crippen LogP contribution >= 0.6 is 0 Å². The van der Waals surface area contributed by atoms with Crippen LogP contribution in [0.4, 0.5) is 0 Å². The first-order valence-electron chi connectivity index (χ1n) is 5.00. The number of hydrazine groups is 1. The highest BCUT2D eigenvalue weighted by Crippen LogP contribution is 2.31. The lowest BCUT2D eigenvalue weighted by Gasteiger charge is -2.38. The molecule has 0 aromatic heterocycles. The maximum absolute atomic E-state index is 11.2. The summed E-state index contributed by atoms with van der Waals surface area (Å²) in [4.78, 5) is 32.6. The van der Waals surface area contributed by atoms with Crippen LogP contribution in [0.15, 0.2) is 0 Å². The van der Waals surface area contributed by atoms with E-state index in [0.717, 1.165) is 6.42 Å². The van der Waals surface area contributed by atoms with Crippen LogP contribution in [0.5, 0.6) is 0 Å². The fraction of sp³-hybridized carbons (Fsp3) is 0.667. The molecule has 0 atom stereocenters. The van der Waals surface area contributed by atoms with Gasteiger partial charge in [-0.25, -0.2) is 0 Å². The van der Waals surface area contributed by atoms with Crippen LogP contribution in [0.2, 0.25) is 0 Å². The number of rotatable bonds is 4. The second kappa shape index (κ2) is 4.93. The third-order valence-electron chi connectivity index (χ3n) is 2.58. The molecule has 16 heavy (non-hydrogen) atoms. The molecule has 0 aromatic rings. The first-order valence-corrected chi connectivity index (χ1v) is 5.00. The van der Waals surface area contributed by atoms with Gasteiger partial charge in [-0.1, -0.05) is 0 Å². The molecule has 2 amide bonds. The Kier molecular flexibility index (Phi) is 3.83. The largest absolute Gasteiger partial charge is 0.480 e. The molecule has 1 saturated carbocycles. The summed E-state index contributed by atoms with van der Waals surface area (Å²) in [6, 6.07) is 0. The Morgan fingerprint density at radius 3 is 2.25 bits per heavy atom. The Morgan fingerprint density at radius 1 is 1.25 bits per heavy atom. The smallest absolute Gasteiger partial charge is 0.323 e. The number of carbonyl (C=O) groups excluding carboxylic acids is 2. The number of carboxylic acid groups (broad SMARTS) is 1. The maximum atomic E-state index is 11.2. The summed E-state index contributed by atoms with van der Waals surface area (Å²) >= 11 is 0. The Morgan fingerprint density at radius 2 is 1.88 bits per heavy atom. The lowest BCUT2D eigenvalue weighted by atomic mass is 9.77. The average Bonchev–Trinajstić information content (AvgIpc) is 2.12. The number of carbonyl (C=O) groups is 3. The van der Waals surface area contributed by atoms with E-state index >= 15 is 0 Å². The number of hydrogen-bond acceptors (Lipinski definition) is 4. The molecule has 1 aliphatic carbocycles. The molecule has 0 bridgehead atoms. The van der Waals surface area contributed by atoms with E-state index in [1.807, 2.05) is 0 Å². The van der Waals surface area contributed by atoms with Crippen molar-refractivity contribution in [1.29, 1.82) is 0 Å². The topological polar surface area (TPSA) is 108 Å². The van der Waals surface area contributed by atoms with Crippen molar-refractivity contribution in [2.45, 2.75) is 31.7 Å². The summed E-state index contributed by atoms with van der Waals surface area (Å²) in [6.45, 7) is 1.13. The van der Waals surface area contributed by atoms with Crippen LogP contribution in [-0.2, 0) is 14.4 Å². The number of carboxylic acids is 1. The fourth-order valence-corrected chi connectivity index (χ4v) is 1.45. The Balaban J connectivity index is 2.30. The predicted octanol–water partition coefficient (Wildman–Crippen LogP) is -1.25. The van der Waals surface area contributed by atoms with E-state index < -0.39 is 17.4 Å². The average molecular weight is 229 g/mol. The van der Waals surface area contributed by atoms with Crippen LogP contribution in [0.25, 0.3) is 0 Å². The molecular weight excluding hydrogens is 214 g/mol. The van der Waals surface area contributed by atoms with Crippen molar-refractivity contribution < 1.29 is 19.5 Å². The van der Waals surface area contributed by atoms with Gasteiger partial charge in [0.25, 0.3) is 5.91 Å². The van der Waals surface area contributed by atoms with Gasteiger partial charge in [0.05, 0.1) is 6.54 Å². The van der Waals surface area contributed by atoms with Crippen molar-refractivity contribution in [3.63, 3.8) is 0 Å². The van der Waals surface area contributed by atoms with Crippen molar-refractivity contribution in [3.8, 4) is 0 Å². The standard InChI is InChI=1S/C9H15N3O4/c1-6(13)11-12-7(14)5-10-9(8(15)16)3-2-4-9/h10H,2-5H2,1H3,(H,11,13)(H,12,14)(H,15,16). The molecule has 0 aromatic carbocycles. The van der Waals surface area contributed by atoms with Gasteiger partial charge in [0, 0.05) is 6.92 Å². The molecule has 0 heterocycles. The summed E-state index contributed by atoms with van der Waals surface area (Å²) in [7, 11) is 0. The number of amides is 2. The van der Waals surface area contributed by atoms with Crippen molar-refractivity contribution in [2.75, 3.05) is 6.54 Å². The molecule has 90 valence electrons. The Bertz CT molecular complexity index is 312. The highest BCUT2D eigenvalue weighted by atomic mass is 16.4. The maximum Gasteiger partial charge on any atom is 0.323 e. The minimum Gasteiger partial charge on any atom is -0.480 e. The zero-order valence-corrected chi connectivity index (χ0v) is 9.00. The van der Waals surface area contributed by atoms with Gasteiger partial charge in [0.2, 0.25) is 5.91 Å². The van der Waals surface area contributed by atoms with Gasteiger partial charge in [0.1, 0.15) is 5.54 Å². The van der Waals surface area contributed by atoms with Crippen LogP contribution < -0.4 is 16.2 Å². The monoisotopic (exact) mass is 229 g/mol. The first kappa shape index (κ1) is 12.4. The van der Waals surface area contributed by atoms with E-state index in [1.165, 1.54) is 6.92 Å². The molecule has 1 aliphatic rings. The number of nitrogens with one attached hydrogen (secondary N) is 3. The zero-order valence-electron chi connectivity index (χ0n) is 9.00. The molecular formula is C9H15N3O4. The molecule has 4 N–H and O–H groups in total. The van der Waals surface area contributed by atoms with E-state index in [9.17, 15) is 14.4 Å². The molecule has 0 radical (unpaired) electrons. The lowest BCUT2D eigenvalue weighted by Crippen LogP contribution is -2.59. The van der Waals surface area contributed by atoms with Crippen molar-refractivity contribution >= 4 is 17.8 Å². The summed E-state index contributed by atoms with van der Waals surface area (Å²) < 4.78 is 0. The molecule has 0 aliphatic heterocycles. The SMILES string of the molecule is CC(=O)NNC(=O)CNC1(C(=O)O)CCC1. The highest BCUT2D eigenvalue weighted by molar-refractivity contribution is 5.84. The Hall–Kier alpha value is -1.63. The van der Waals surface area contributed by atoms with E-state index in [2.05, 4.69) is 16.2 Å². The van der Waals surface area contributed by atoms with Crippen LogP contribution in [0.1, 0.15) is 26.2 Å². The van der Waals surface area contributed by atoms with Gasteiger partial charge in [-0.05, 0) is 19.3 Å². The lowest BCUT2D eigenvalue weighted by molar-refractivity contribution is -0.149. The van der Waals surface area contributed by atoms with Crippen LogP contribution in [-0.4, -0.2) is 35.0 Å². The van der Waals surface area contributed by atoms with E-state index in [1.54, 1.807) is 0 Å². The van der Waals surface area contributed by atoms with Gasteiger partial charge in [-0.3, -0.25) is 30.6 Å². The molecule has 7 heteroatoms. The minimum atomic E-state index is -0.965. The predicted molar refractivity (Wildman–Crippen MR) is 54.2 cm³/mol. The van der Waals surface area contributed by atoms with Gasteiger partial charge in [-0.2, -0.15) is 0 Å². The third-order valence-corrected chi connectivity index (χ3v) is 2.58. The molecule has 0 spiro atoms. The Labute approximate surface area is 92.6 Å². The molecule has 7 nitrogen and oxygen atoms in total. The zero-order chi connectivity index (χ0) is 12.2. The van der Waals surface area contributed by atoms with E-state index in [-0.39, 0.29) is 12.5 Å². The summed E-state index contributed by atoms with van der Waals surface area (Å²) in [5, 5.41) is 11.6.